The summed E-state index contributed by atoms with van der Waals surface area (Å²) in [5.74, 6) is -0.0765. The average Bonchev–Trinajstić information content (AvgIpc) is 2.44. The molecule has 0 amide bonds. The maximum atomic E-state index is 12.1. The Hall–Kier alpha value is -0.910. The van der Waals surface area contributed by atoms with Crippen LogP contribution in [0.3, 0.4) is 0 Å². The summed E-state index contributed by atoms with van der Waals surface area (Å²) in [4.78, 5) is 0.332. The number of aliphatic hydroxyl groups excluding tert-OH is 1. The molecule has 0 bridgehead atoms. The van der Waals surface area contributed by atoms with E-state index in [-0.39, 0.29) is 19.1 Å². The number of aliphatic hydroxyl groups is 1. The summed E-state index contributed by atoms with van der Waals surface area (Å²) in [5, 5.41) is 8.93. The largest absolute Gasteiger partial charge is 0.396 e. The number of rotatable bonds is 5. The summed E-state index contributed by atoms with van der Waals surface area (Å²) in [5.41, 5.74) is 2.43. The molecule has 0 radical (unpaired) electrons. The molecule has 0 fully saturated rings. The van der Waals surface area contributed by atoms with Crippen molar-refractivity contribution in [2.75, 3.05) is 13.2 Å². The van der Waals surface area contributed by atoms with Crippen LogP contribution in [0.2, 0.25) is 0 Å². The van der Waals surface area contributed by atoms with Gasteiger partial charge in [0.25, 0.3) is 0 Å². The molecular formula is C14H21NO3S. The Balaban J connectivity index is 2.16. The third-order valence-corrected chi connectivity index (χ3v) is 4.98. The quantitative estimate of drug-likeness (QED) is 0.860. The van der Waals surface area contributed by atoms with Crippen molar-refractivity contribution in [3.63, 3.8) is 0 Å². The molecule has 4 nitrogen and oxygen atoms in total. The molecule has 0 heterocycles. The summed E-state index contributed by atoms with van der Waals surface area (Å²) < 4.78 is 26.8. The lowest BCUT2D eigenvalue weighted by Gasteiger charge is -2.17. The zero-order chi connectivity index (χ0) is 13.9. The maximum absolute atomic E-state index is 12.1. The van der Waals surface area contributed by atoms with Gasteiger partial charge in [0.2, 0.25) is 10.0 Å². The molecule has 1 unspecified atom stereocenters. The Labute approximate surface area is 114 Å². The molecule has 0 aromatic heterocycles. The normalized spacial score (nSPS) is 16.9. The molecule has 1 aromatic rings. The molecule has 2 N–H and O–H groups in total. The van der Waals surface area contributed by atoms with Crippen LogP contribution in [-0.4, -0.2) is 26.7 Å². The van der Waals surface area contributed by atoms with E-state index < -0.39 is 10.0 Å². The van der Waals surface area contributed by atoms with Crippen molar-refractivity contribution >= 4 is 10.0 Å². The van der Waals surface area contributed by atoms with Gasteiger partial charge in [-0.3, -0.25) is 0 Å². The van der Waals surface area contributed by atoms with Gasteiger partial charge in [-0.05, 0) is 54.9 Å². The Morgan fingerprint density at radius 2 is 1.95 bits per heavy atom. The van der Waals surface area contributed by atoms with E-state index in [1.807, 2.05) is 6.07 Å². The van der Waals surface area contributed by atoms with Gasteiger partial charge in [0.05, 0.1) is 4.90 Å². The topological polar surface area (TPSA) is 66.4 Å². The first-order chi connectivity index (χ1) is 9.03. The predicted molar refractivity (Wildman–Crippen MR) is 74.5 cm³/mol. The van der Waals surface area contributed by atoms with E-state index in [0.29, 0.717) is 4.90 Å². The van der Waals surface area contributed by atoms with Crippen molar-refractivity contribution in [3.8, 4) is 0 Å². The highest BCUT2D eigenvalue weighted by atomic mass is 32.2. The molecule has 106 valence electrons. The summed E-state index contributed by atoms with van der Waals surface area (Å²) >= 11 is 0. The summed E-state index contributed by atoms with van der Waals surface area (Å²) in [6.07, 6.45) is 4.33. The minimum absolute atomic E-state index is 0.0211. The number of fused-ring (bicyclic) bond motifs is 1. The smallest absolute Gasteiger partial charge is 0.240 e. The first-order valence-electron chi connectivity index (χ1n) is 6.75. The standard InChI is InChI=1S/C14H21NO3S/c1-11(10-16)9-15-19(17,18)14-7-6-12-4-2-3-5-13(12)8-14/h6-8,11,15-16H,2-5,9-10H2,1H3. The molecule has 0 saturated heterocycles. The van der Waals surface area contributed by atoms with Gasteiger partial charge < -0.3 is 5.11 Å². The van der Waals surface area contributed by atoms with Gasteiger partial charge in [-0.25, -0.2) is 13.1 Å². The van der Waals surface area contributed by atoms with Crippen molar-refractivity contribution in [1.82, 2.24) is 4.72 Å². The van der Waals surface area contributed by atoms with Gasteiger partial charge in [0, 0.05) is 13.2 Å². The second-order valence-corrected chi connectivity index (χ2v) is 7.04. The van der Waals surface area contributed by atoms with E-state index in [9.17, 15) is 8.42 Å². The Morgan fingerprint density at radius 1 is 1.26 bits per heavy atom. The lowest BCUT2D eigenvalue weighted by molar-refractivity contribution is 0.238. The van der Waals surface area contributed by atoms with E-state index in [4.69, 9.17) is 5.11 Å². The second kappa shape index (κ2) is 6.03. The van der Waals surface area contributed by atoms with Crippen molar-refractivity contribution in [2.24, 2.45) is 5.92 Å². The van der Waals surface area contributed by atoms with Crippen molar-refractivity contribution in [1.29, 1.82) is 0 Å². The van der Waals surface area contributed by atoms with E-state index in [0.717, 1.165) is 24.8 Å². The highest BCUT2D eigenvalue weighted by Gasteiger charge is 2.18. The van der Waals surface area contributed by atoms with Crippen molar-refractivity contribution in [3.05, 3.63) is 29.3 Å². The molecule has 1 atom stereocenters. The zero-order valence-corrected chi connectivity index (χ0v) is 12.0. The minimum atomic E-state index is -3.46. The van der Waals surface area contributed by atoms with Crippen LogP contribution < -0.4 is 4.72 Å². The molecule has 2 rings (SSSR count). The molecular weight excluding hydrogens is 262 g/mol. The fourth-order valence-electron chi connectivity index (χ4n) is 2.28. The lowest BCUT2D eigenvalue weighted by Crippen LogP contribution is -2.29. The van der Waals surface area contributed by atoms with Crippen LogP contribution in [-0.2, 0) is 22.9 Å². The SMILES string of the molecule is CC(CO)CNS(=O)(=O)c1ccc2c(c1)CCCC2. The molecule has 5 heteroatoms. The molecule has 19 heavy (non-hydrogen) atoms. The molecule has 1 aliphatic carbocycles. The number of aryl methyl sites for hydroxylation is 2. The molecule has 1 aliphatic rings. The molecule has 0 saturated carbocycles. The number of benzene rings is 1. The highest BCUT2D eigenvalue weighted by molar-refractivity contribution is 7.89. The third-order valence-electron chi connectivity index (χ3n) is 3.56. The first-order valence-corrected chi connectivity index (χ1v) is 8.23. The first kappa shape index (κ1) is 14.5. The third kappa shape index (κ3) is 3.55. The van der Waals surface area contributed by atoms with Crippen LogP contribution in [0.4, 0.5) is 0 Å². The second-order valence-electron chi connectivity index (χ2n) is 5.28. The Bertz CT molecular complexity index is 540. The van der Waals surface area contributed by atoms with E-state index in [1.165, 1.54) is 12.0 Å². The van der Waals surface area contributed by atoms with Crippen LogP contribution in [0, 0.1) is 5.92 Å². The van der Waals surface area contributed by atoms with Gasteiger partial charge in [0.15, 0.2) is 0 Å². The molecule has 0 spiro atoms. The maximum Gasteiger partial charge on any atom is 0.240 e. The van der Waals surface area contributed by atoms with Crippen molar-refractivity contribution < 1.29 is 13.5 Å². The van der Waals surface area contributed by atoms with Crippen LogP contribution in [0.5, 0.6) is 0 Å². The number of sulfonamides is 1. The average molecular weight is 283 g/mol. The number of nitrogens with one attached hydrogen (secondary N) is 1. The predicted octanol–water partition coefficient (Wildman–Crippen LogP) is 1.47. The van der Waals surface area contributed by atoms with E-state index in [1.54, 1.807) is 19.1 Å². The number of hydrogen-bond donors (Lipinski definition) is 2. The monoisotopic (exact) mass is 283 g/mol. The van der Waals surface area contributed by atoms with Crippen LogP contribution in [0.15, 0.2) is 23.1 Å². The van der Waals surface area contributed by atoms with Gasteiger partial charge in [-0.15, -0.1) is 0 Å². The van der Waals surface area contributed by atoms with E-state index in [2.05, 4.69) is 4.72 Å². The minimum Gasteiger partial charge on any atom is -0.396 e. The fraction of sp³-hybridized carbons (Fsp3) is 0.571. The van der Waals surface area contributed by atoms with E-state index >= 15 is 0 Å². The fourth-order valence-corrected chi connectivity index (χ4v) is 3.49. The lowest BCUT2D eigenvalue weighted by atomic mass is 9.92. The van der Waals surface area contributed by atoms with Gasteiger partial charge in [-0.2, -0.15) is 0 Å². The Kier molecular flexibility index (Phi) is 4.60. The van der Waals surface area contributed by atoms with Gasteiger partial charge in [0.1, 0.15) is 0 Å². The molecule has 0 aliphatic heterocycles. The number of hydrogen-bond acceptors (Lipinski definition) is 3. The van der Waals surface area contributed by atoms with Crippen LogP contribution in [0.25, 0.3) is 0 Å². The summed E-state index contributed by atoms with van der Waals surface area (Å²) in [6.45, 7) is 2.04. The van der Waals surface area contributed by atoms with Crippen molar-refractivity contribution in [2.45, 2.75) is 37.5 Å². The van der Waals surface area contributed by atoms with Gasteiger partial charge >= 0.3 is 0 Å². The summed E-state index contributed by atoms with van der Waals surface area (Å²) in [6, 6.07) is 5.40. The highest BCUT2D eigenvalue weighted by Crippen LogP contribution is 2.24. The van der Waals surface area contributed by atoms with Crippen LogP contribution in [0.1, 0.15) is 30.9 Å². The van der Waals surface area contributed by atoms with Crippen LogP contribution >= 0.6 is 0 Å². The Morgan fingerprint density at radius 3 is 2.63 bits per heavy atom. The van der Waals surface area contributed by atoms with Gasteiger partial charge in [-0.1, -0.05) is 13.0 Å². The molecule has 1 aromatic carbocycles. The zero-order valence-electron chi connectivity index (χ0n) is 11.2. The summed E-state index contributed by atoms with van der Waals surface area (Å²) in [7, 11) is -3.46.